The number of hydrogen-bond donors (Lipinski definition) is 4. The normalized spacial score (nSPS) is 17.5. The lowest BCUT2D eigenvalue weighted by molar-refractivity contribution is -0.146. The molecule has 0 bridgehead atoms. The van der Waals surface area contributed by atoms with Gasteiger partial charge in [-0.05, 0) is 49.3 Å². The number of piperidine rings is 1. The van der Waals surface area contributed by atoms with Crippen LogP contribution in [-0.2, 0) is 19.1 Å². The maximum absolute atomic E-state index is 13.4. The van der Waals surface area contributed by atoms with Gasteiger partial charge < -0.3 is 30.4 Å². The Morgan fingerprint density at radius 1 is 1.14 bits per heavy atom. The lowest BCUT2D eigenvalue weighted by atomic mass is 9.87. The van der Waals surface area contributed by atoms with Crippen LogP contribution in [0.1, 0.15) is 56.9 Å². The number of hydrogen-bond acceptors (Lipinski definition) is 6. The SMILES string of the molecule is COC(=O)[C@H](CC1CCCNC1=O)NC(=O)[C@H](CC(C)(C)C)NC(=O)c1cc2c(OC)cc(Cl)cc2[nH]1. The van der Waals surface area contributed by atoms with Crippen molar-refractivity contribution in [3.05, 3.63) is 28.9 Å². The molecule has 1 fully saturated rings. The summed E-state index contributed by atoms with van der Waals surface area (Å²) in [5.41, 5.74) is 0.518. The second-order valence-electron chi connectivity index (χ2n) is 10.5. The molecule has 4 N–H and O–H groups in total. The van der Waals surface area contributed by atoms with Crippen LogP contribution in [0.3, 0.4) is 0 Å². The highest BCUT2D eigenvalue weighted by molar-refractivity contribution is 6.31. The van der Waals surface area contributed by atoms with E-state index < -0.39 is 35.8 Å². The zero-order valence-corrected chi connectivity index (χ0v) is 22.6. The van der Waals surface area contributed by atoms with Crippen molar-refractivity contribution >= 4 is 46.2 Å². The molecule has 2 aromatic rings. The molecule has 3 rings (SSSR count). The zero-order chi connectivity index (χ0) is 27.3. The van der Waals surface area contributed by atoms with Crippen LogP contribution in [0.25, 0.3) is 10.9 Å². The number of amides is 3. The summed E-state index contributed by atoms with van der Waals surface area (Å²) >= 11 is 6.14. The minimum absolute atomic E-state index is 0.114. The van der Waals surface area contributed by atoms with Crippen LogP contribution in [0.15, 0.2) is 18.2 Å². The first-order valence-electron chi connectivity index (χ1n) is 12.2. The van der Waals surface area contributed by atoms with Crippen molar-refractivity contribution < 1.29 is 28.7 Å². The second-order valence-corrected chi connectivity index (χ2v) is 10.9. The lowest BCUT2D eigenvalue weighted by Crippen LogP contribution is -2.54. The molecule has 3 amide bonds. The molecule has 0 aliphatic carbocycles. The van der Waals surface area contributed by atoms with Gasteiger partial charge in [-0.3, -0.25) is 14.4 Å². The van der Waals surface area contributed by atoms with E-state index in [1.54, 1.807) is 18.2 Å². The van der Waals surface area contributed by atoms with E-state index in [2.05, 4.69) is 20.9 Å². The molecular weight excluding hydrogens is 500 g/mol. The average molecular weight is 535 g/mol. The van der Waals surface area contributed by atoms with Crippen LogP contribution in [-0.4, -0.2) is 61.5 Å². The van der Waals surface area contributed by atoms with Gasteiger partial charge in [0.2, 0.25) is 11.8 Å². The van der Waals surface area contributed by atoms with Gasteiger partial charge in [0.15, 0.2) is 0 Å². The van der Waals surface area contributed by atoms with Crippen molar-refractivity contribution in [3.8, 4) is 5.75 Å². The number of aromatic amines is 1. The molecule has 2 heterocycles. The second kappa shape index (κ2) is 11.9. The molecule has 3 atom stereocenters. The van der Waals surface area contributed by atoms with Gasteiger partial charge in [-0.15, -0.1) is 0 Å². The van der Waals surface area contributed by atoms with Gasteiger partial charge in [0.05, 0.1) is 19.7 Å². The van der Waals surface area contributed by atoms with E-state index in [0.29, 0.717) is 41.1 Å². The third kappa shape index (κ3) is 7.38. The van der Waals surface area contributed by atoms with Crippen molar-refractivity contribution in [2.75, 3.05) is 20.8 Å². The van der Waals surface area contributed by atoms with E-state index in [9.17, 15) is 19.2 Å². The third-order valence-electron chi connectivity index (χ3n) is 6.29. The molecule has 37 heavy (non-hydrogen) atoms. The number of benzene rings is 1. The molecule has 1 aliphatic heterocycles. The summed E-state index contributed by atoms with van der Waals surface area (Å²) in [6.45, 7) is 6.42. The summed E-state index contributed by atoms with van der Waals surface area (Å²) in [4.78, 5) is 54.3. The minimum atomic E-state index is -1.02. The van der Waals surface area contributed by atoms with Crippen molar-refractivity contribution in [1.82, 2.24) is 20.9 Å². The summed E-state index contributed by atoms with van der Waals surface area (Å²) in [6, 6.07) is 2.99. The largest absolute Gasteiger partial charge is 0.496 e. The number of ether oxygens (including phenoxy) is 2. The number of nitrogens with one attached hydrogen (secondary N) is 4. The van der Waals surface area contributed by atoms with Gasteiger partial charge in [0.25, 0.3) is 5.91 Å². The van der Waals surface area contributed by atoms with E-state index >= 15 is 0 Å². The molecule has 1 aliphatic rings. The van der Waals surface area contributed by atoms with Crippen LogP contribution in [0.5, 0.6) is 5.75 Å². The number of carbonyl (C=O) groups is 4. The van der Waals surface area contributed by atoms with Gasteiger partial charge in [-0.2, -0.15) is 0 Å². The van der Waals surface area contributed by atoms with Crippen LogP contribution < -0.4 is 20.7 Å². The molecule has 0 saturated carbocycles. The summed E-state index contributed by atoms with van der Waals surface area (Å²) in [5, 5.41) is 9.41. The lowest BCUT2D eigenvalue weighted by Gasteiger charge is -2.29. The number of halogens is 1. The number of rotatable bonds is 9. The first kappa shape index (κ1) is 28.3. The highest BCUT2D eigenvalue weighted by Gasteiger charge is 2.34. The van der Waals surface area contributed by atoms with Gasteiger partial charge in [-0.25, -0.2) is 4.79 Å². The zero-order valence-electron chi connectivity index (χ0n) is 21.8. The fourth-order valence-corrected chi connectivity index (χ4v) is 4.70. The third-order valence-corrected chi connectivity index (χ3v) is 6.51. The van der Waals surface area contributed by atoms with Gasteiger partial charge in [0, 0.05) is 22.9 Å². The minimum Gasteiger partial charge on any atom is -0.496 e. The first-order valence-corrected chi connectivity index (χ1v) is 12.6. The average Bonchev–Trinajstić information content (AvgIpc) is 3.26. The number of fused-ring (bicyclic) bond motifs is 1. The Hall–Kier alpha value is -3.27. The van der Waals surface area contributed by atoms with Crippen LogP contribution in [0.4, 0.5) is 0 Å². The Morgan fingerprint density at radius 3 is 2.49 bits per heavy atom. The number of esters is 1. The molecule has 1 unspecified atom stereocenters. The van der Waals surface area contributed by atoms with Crippen LogP contribution in [0.2, 0.25) is 5.02 Å². The molecule has 1 saturated heterocycles. The van der Waals surface area contributed by atoms with Gasteiger partial charge in [0.1, 0.15) is 23.5 Å². The van der Waals surface area contributed by atoms with E-state index in [4.69, 9.17) is 21.1 Å². The maximum Gasteiger partial charge on any atom is 0.328 e. The van der Waals surface area contributed by atoms with Crippen molar-refractivity contribution in [2.24, 2.45) is 11.3 Å². The molecule has 202 valence electrons. The summed E-state index contributed by atoms with van der Waals surface area (Å²) in [6.07, 6.45) is 1.83. The molecule has 1 aromatic carbocycles. The van der Waals surface area contributed by atoms with Crippen LogP contribution >= 0.6 is 11.6 Å². The monoisotopic (exact) mass is 534 g/mol. The molecule has 1 aromatic heterocycles. The van der Waals surface area contributed by atoms with Gasteiger partial charge >= 0.3 is 5.97 Å². The molecule has 0 radical (unpaired) electrons. The predicted molar refractivity (Wildman–Crippen MR) is 139 cm³/mol. The number of methoxy groups -OCH3 is 2. The Bertz CT molecular complexity index is 1170. The van der Waals surface area contributed by atoms with Crippen molar-refractivity contribution in [3.63, 3.8) is 0 Å². The Balaban J connectivity index is 1.81. The topological polar surface area (TPSA) is 139 Å². The van der Waals surface area contributed by atoms with Gasteiger partial charge in [-0.1, -0.05) is 32.4 Å². The highest BCUT2D eigenvalue weighted by Crippen LogP contribution is 2.30. The maximum atomic E-state index is 13.4. The molecule has 11 heteroatoms. The molecule has 10 nitrogen and oxygen atoms in total. The quantitative estimate of drug-likeness (QED) is 0.365. The van der Waals surface area contributed by atoms with Crippen molar-refractivity contribution in [1.29, 1.82) is 0 Å². The van der Waals surface area contributed by atoms with E-state index in [-0.39, 0.29) is 23.4 Å². The molecular formula is C26H35ClN4O6. The van der Waals surface area contributed by atoms with E-state index in [0.717, 1.165) is 6.42 Å². The standard InChI is InChI=1S/C26H35ClN4O6/c1-26(2,3)13-20(24(34)30-19(25(35)37-5)9-14-7-6-8-28-22(14)32)31-23(33)18-12-16-17(29-18)10-15(27)11-21(16)36-4/h10-12,14,19-20,29H,6-9,13H2,1-5H3,(H,28,32)(H,30,34)(H,31,33)/t14?,19-,20-/m0/s1. The smallest absolute Gasteiger partial charge is 0.328 e. The van der Waals surface area contributed by atoms with Crippen LogP contribution in [0, 0.1) is 11.3 Å². The summed E-state index contributed by atoms with van der Waals surface area (Å²) in [7, 11) is 2.74. The van der Waals surface area contributed by atoms with E-state index in [1.807, 2.05) is 20.8 Å². The van der Waals surface area contributed by atoms with Crippen molar-refractivity contribution in [2.45, 2.75) is 58.5 Å². The Morgan fingerprint density at radius 2 is 1.86 bits per heavy atom. The summed E-state index contributed by atoms with van der Waals surface area (Å²) in [5.74, 6) is -1.74. The highest BCUT2D eigenvalue weighted by atomic mass is 35.5. The first-order chi connectivity index (χ1) is 17.4. The predicted octanol–water partition coefficient (Wildman–Crippen LogP) is 2.94. The Labute approximate surface area is 221 Å². The Kier molecular flexibility index (Phi) is 9.07. The number of carbonyl (C=O) groups excluding carboxylic acids is 4. The van der Waals surface area contributed by atoms with E-state index in [1.165, 1.54) is 14.2 Å². The number of aromatic nitrogens is 1. The fraction of sp³-hybridized carbons (Fsp3) is 0.538. The fourth-order valence-electron chi connectivity index (χ4n) is 4.49. The number of H-pyrrole nitrogens is 1. The molecule has 0 spiro atoms. The summed E-state index contributed by atoms with van der Waals surface area (Å²) < 4.78 is 10.2.